The monoisotopic (exact) mass is 255 g/mol. The molecule has 0 aliphatic rings. The lowest BCUT2D eigenvalue weighted by Gasteiger charge is -2.11. The SMILES string of the molecule is COc1cc(C=O)ccc1Oc1ccccc1[C]=O. The van der Waals surface area contributed by atoms with Gasteiger partial charge in [-0.3, -0.25) is 9.59 Å². The summed E-state index contributed by atoms with van der Waals surface area (Å²) in [6.07, 6.45) is 2.53. The lowest BCUT2D eigenvalue weighted by Crippen LogP contribution is -1.94. The van der Waals surface area contributed by atoms with Crippen LogP contribution in [0.15, 0.2) is 42.5 Å². The molecule has 2 aromatic carbocycles. The van der Waals surface area contributed by atoms with E-state index >= 15 is 0 Å². The van der Waals surface area contributed by atoms with E-state index in [4.69, 9.17) is 9.47 Å². The molecule has 0 saturated heterocycles. The van der Waals surface area contributed by atoms with Gasteiger partial charge in [-0.25, -0.2) is 0 Å². The van der Waals surface area contributed by atoms with Gasteiger partial charge in [-0.15, -0.1) is 0 Å². The third-order valence-electron chi connectivity index (χ3n) is 2.54. The van der Waals surface area contributed by atoms with Crippen LogP contribution in [0.4, 0.5) is 0 Å². The highest BCUT2D eigenvalue weighted by molar-refractivity contribution is 5.80. The molecule has 0 spiro atoms. The Hall–Kier alpha value is -2.62. The van der Waals surface area contributed by atoms with Gasteiger partial charge in [0.1, 0.15) is 12.0 Å². The van der Waals surface area contributed by atoms with Crippen LogP contribution >= 0.6 is 0 Å². The summed E-state index contributed by atoms with van der Waals surface area (Å²) in [6.45, 7) is 0. The van der Waals surface area contributed by atoms with Crippen molar-refractivity contribution in [3.63, 3.8) is 0 Å². The van der Waals surface area contributed by atoms with E-state index < -0.39 is 0 Å². The number of aldehydes is 1. The Labute approximate surface area is 110 Å². The summed E-state index contributed by atoms with van der Waals surface area (Å²) < 4.78 is 10.8. The van der Waals surface area contributed by atoms with E-state index in [0.29, 0.717) is 28.4 Å². The summed E-state index contributed by atoms with van der Waals surface area (Å²) in [5.74, 6) is 1.23. The molecule has 0 aromatic heterocycles. The van der Waals surface area contributed by atoms with Crippen molar-refractivity contribution in [3.05, 3.63) is 53.6 Å². The molecule has 0 N–H and O–H groups in total. The fourth-order valence-electron chi connectivity index (χ4n) is 1.60. The lowest BCUT2D eigenvalue weighted by atomic mass is 10.2. The maximum Gasteiger partial charge on any atom is 0.237 e. The number of carbonyl (C=O) groups is 1. The van der Waals surface area contributed by atoms with Crippen molar-refractivity contribution in [2.24, 2.45) is 0 Å². The standard InChI is InChI=1S/C15H11O4/c1-18-15-8-11(9-16)6-7-14(15)19-13-5-3-2-4-12(13)10-17/h2-9H,1H3. The number of rotatable bonds is 5. The zero-order valence-electron chi connectivity index (χ0n) is 10.3. The molecule has 19 heavy (non-hydrogen) atoms. The minimum atomic E-state index is 0.323. The molecule has 0 heterocycles. The zero-order valence-corrected chi connectivity index (χ0v) is 10.3. The zero-order chi connectivity index (χ0) is 13.7. The van der Waals surface area contributed by atoms with Crippen LogP contribution in [0.25, 0.3) is 0 Å². The highest BCUT2D eigenvalue weighted by Crippen LogP contribution is 2.33. The molecular formula is C15H11O4. The van der Waals surface area contributed by atoms with Crippen LogP contribution in [-0.2, 0) is 4.79 Å². The second kappa shape index (κ2) is 5.82. The van der Waals surface area contributed by atoms with Gasteiger partial charge in [0.25, 0.3) is 0 Å². The molecule has 0 unspecified atom stereocenters. The summed E-state index contributed by atoms with van der Waals surface area (Å²) in [4.78, 5) is 21.5. The predicted octanol–water partition coefficient (Wildman–Crippen LogP) is 2.76. The highest BCUT2D eigenvalue weighted by atomic mass is 16.5. The third-order valence-corrected chi connectivity index (χ3v) is 2.54. The molecular weight excluding hydrogens is 244 g/mol. The Morgan fingerprint density at radius 1 is 1.05 bits per heavy atom. The molecule has 0 fully saturated rings. The highest BCUT2D eigenvalue weighted by Gasteiger charge is 2.09. The Morgan fingerprint density at radius 2 is 1.84 bits per heavy atom. The quantitative estimate of drug-likeness (QED) is 0.771. The summed E-state index contributed by atoms with van der Waals surface area (Å²) in [7, 11) is 1.48. The van der Waals surface area contributed by atoms with E-state index in [0.717, 1.165) is 6.29 Å². The largest absolute Gasteiger partial charge is 0.493 e. The van der Waals surface area contributed by atoms with Crippen LogP contribution in [-0.4, -0.2) is 19.7 Å². The molecule has 0 aliphatic heterocycles. The minimum Gasteiger partial charge on any atom is -0.493 e. The Kier molecular flexibility index (Phi) is 3.93. The number of benzene rings is 2. The van der Waals surface area contributed by atoms with E-state index in [9.17, 15) is 9.59 Å². The van der Waals surface area contributed by atoms with E-state index in [1.54, 1.807) is 48.8 Å². The van der Waals surface area contributed by atoms with Crippen molar-refractivity contribution < 1.29 is 19.1 Å². The fraction of sp³-hybridized carbons (Fsp3) is 0.0667. The van der Waals surface area contributed by atoms with Gasteiger partial charge in [-0.05, 0) is 30.3 Å². The number of ether oxygens (including phenoxy) is 2. The average Bonchev–Trinajstić information content (AvgIpc) is 2.48. The van der Waals surface area contributed by atoms with Gasteiger partial charge in [0.05, 0.1) is 12.7 Å². The summed E-state index contributed by atoms with van der Waals surface area (Å²) in [5.41, 5.74) is 0.809. The minimum absolute atomic E-state index is 0.323. The van der Waals surface area contributed by atoms with Crippen LogP contribution in [0, 0.1) is 0 Å². The molecule has 1 radical (unpaired) electrons. The van der Waals surface area contributed by atoms with Gasteiger partial charge in [0, 0.05) is 5.56 Å². The average molecular weight is 255 g/mol. The summed E-state index contributed by atoms with van der Waals surface area (Å²) in [5, 5.41) is 0. The van der Waals surface area contributed by atoms with E-state index in [1.807, 2.05) is 0 Å². The maximum atomic E-state index is 10.8. The number of hydrogen-bond donors (Lipinski definition) is 0. The van der Waals surface area contributed by atoms with Gasteiger partial charge >= 0.3 is 0 Å². The number of methoxy groups -OCH3 is 1. The topological polar surface area (TPSA) is 52.6 Å². The van der Waals surface area contributed by atoms with Gasteiger partial charge in [0.15, 0.2) is 11.5 Å². The Morgan fingerprint density at radius 3 is 2.53 bits per heavy atom. The lowest BCUT2D eigenvalue weighted by molar-refractivity contribution is 0.112. The molecule has 2 aromatic rings. The van der Waals surface area contributed by atoms with Crippen LogP contribution in [0.3, 0.4) is 0 Å². The molecule has 0 bridgehead atoms. The normalized spacial score (nSPS) is 9.74. The van der Waals surface area contributed by atoms with Gasteiger partial charge in [0.2, 0.25) is 6.29 Å². The molecule has 0 amide bonds. The van der Waals surface area contributed by atoms with Crippen LogP contribution < -0.4 is 9.47 Å². The first-order chi connectivity index (χ1) is 9.28. The van der Waals surface area contributed by atoms with Crippen LogP contribution in [0.5, 0.6) is 17.2 Å². The van der Waals surface area contributed by atoms with Crippen LogP contribution in [0.1, 0.15) is 15.9 Å². The molecule has 4 nitrogen and oxygen atoms in total. The Balaban J connectivity index is 2.37. The molecule has 0 atom stereocenters. The second-order valence-electron chi connectivity index (χ2n) is 3.73. The van der Waals surface area contributed by atoms with E-state index in [2.05, 4.69) is 0 Å². The van der Waals surface area contributed by atoms with E-state index in [1.165, 1.54) is 7.11 Å². The summed E-state index contributed by atoms with van der Waals surface area (Å²) in [6, 6.07) is 11.5. The van der Waals surface area contributed by atoms with Crippen molar-refractivity contribution in [2.75, 3.05) is 7.11 Å². The first kappa shape index (κ1) is 12.8. The second-order valence-corrected chi connectivity index (χ2v) is 3.73. The predicted molar refractivity (Wildman–Crippen MR) is 69.7 cm³/mol. The Bertz CT molecular complexity index is 605. The third kappa shape index (κ3) is 2.80. The maximum absolute atomic E-state index is 10.8. The first-order valence-corrected chi connectivity index (χ1v) is 5.56. The smallest absolute Gasteiger partial charge is 0.237 e. The van der Waals surface area contributed by atoms with Gasteiger partial charge in [-0.1, -0.05) is 12.1 Å². The molecule has 95 valence electrons. The summed E-state index contributed by atoms with van der Waals surface area (Å²) >= 11 is 0. The van der Waals surface area contributed by atoms with Crippen molar-refractivity contribution in [1.82, 2.24) is 0 Å². The molecule has 2 rings (SSSR count). The van der Waals surface area contributed by atoms with Crippen molar-refractivity contribution in [2.45, 2.75) is 0 Å². The number of carbonyl (C=O) groups excluding carboxylic acids is 2. The van der Waals surface area contributed by atoms with Gasteiger partial charge < -0.3 is 9.47 Å². The van der Waals surface area contributed by atoms with Crippen molar-refractivity contribution >= 4 is 12.6 Å². The van der Waals surface area contributed by atoms with Crippen LogP contribution in [0.2, 0.25) is 0 Å². The van der Waals surface area contributed by atoms with E-state index in [-0.39, 0.29) is 0 Å². The first-order valence-electron chi connectivity index (χ1n) is 5.56. The number of hydrogen-bond acceptors (Lipinski definition) is 4. The molecule has 4 heteroatoms. The molecule has 0 saturated carbocycles. The van der Waals surface area contributed by atoms with Crippen molar-refractivity contribution in [3.8, 4) is 17.2 Å². The van der Waals surface area contributed by atoms with Crippen molar-refractivity contribution in [1.29, 1.82) is 0 Å². The van der Waals surface area contributed by atoms with Gasteiger partial charge in [-0.2, -0.15) is 0 Å². The fourth-order valence-corrected chi connectivity index (χ4v) is 1.60. The number of para-hydroxylation sites is 1. The molecule has 0 aliphatic carbocycles.